The first-order valence-electron chi connectivity index (χ1n) is 6.78. The average molecular weight is 275 g/mol. The number of carbonyl (C=O) groups is 2. The Morgan fingerprint density at radius 2 is 1.53 bits per heavy atom. The van der Waals surface area contributed by atoms with Gasteiger partial charge in [0, 0.05) is 31.8 Å². The number of hydrogen-bond acceptors (Lipinski definition) is 2. The standard InChI is InChI=1S/C13H19F2NO3/c14-13(15)5-1-9(2-6-13)11(17)16-7-3-10(4-8-16)12(18)19/h9-10H,1-8H2,(H,18,19). The van der Waals surface area contributed by atoms with Gasteiger partial charge in [-0.1, -0.05) is 0 Å². The van der Waals surface area contributed by atoms with Crippen molar-refractivity contribution in [2.75, 3.05) is 13.1 Å². The molecule has 1 aliphatic carbocycles. The number of nitrogens with zero attached hydrogens (tertiary/aromatic N) is 1. The van der Waals surface area contributed by atoms with Gasteiger partial charge >= 0.3 is 5.97 Å². The molecule has 1 N–H and O–H groups in total. The molecule has 2 rings (SSSR count). The van der Waals surface area contributed by atoms with E-state index in [0.717, 1.165) is 0 Å². The summed E-state index contributed by atoms with van der Waals surface area (Å²) in [7, 11) is 0. The maximum atomic E-state index is 13.0. The van der Waals surface area contributed by atoms with Gasteiger partial charge in [-0.2, -0.15) is 0 Å². The van der Waals surface area contributed by atoms with Gasteiger partial charge in [0.1, 0.15) is 0 Å². The van der Waals surface area contributed by atoms with Crippen LogP contribution in [-0.4, -0.2) is 40.9 Å². The van der Waals surface area contributed by atoms with Crippen molar-refractivity contribution >= 4 is 11.9 Å². The van der Waals surface area contributed by atoms with Gasteiger partial charge in [0.2, 0.25) is 11.8 Å². The fourth-order valence-corrected chi connectivity index (χ4v) is 2.89. The molecule has 108 valence electrons. The van der Waals surface area contributed by atoms with E-state index in [9.17, 15) is 18.4 Å². The van der Waals surface area contributed by atoms with E-state index in [-0.39, 0.29) is 43.4 Å². The highest BCUT2D eigenvalue weighted by Crippen LogP contribution is 2.37. The Balaban J connectivity index is 1.83. The molecule has 1 saturated carbocycles. The lowest BCUT2D eigenvalue weighted by molar-refractivity contribution is -0.148. The number of amides is 1. The molecule has 0 aromatic heterocycles. The molecule has 6 heteroatoms. The first-order valence-corrected chi connectivity index (χ1v) is 6.78. The van der Waals surface area contributed by atoms with E-state index in [1.165, 1.54) is 0 Å². The molecule has 0 aromatic carbocycles. The fourth-order valence-electron chi connectivity index (χ4n) is 2.89. The predicted molar refractivity (Wildman–Crippen MR) is 63.8 cm³/mol. The summed E-state index contributed by atoms with van der Waals surface area (Å²) < 4.78 is 26.1. The smallest absolute Gasteiger partial charge is 0.306 e. The van der Waals surface area contributed by atoms with Crippen LogP contribution in [0, 0.1) is 11.8 Å². The quantitative estimate of drug-likeness (QED) is 0.840. The molecule has 0 unspecified atom stereocenters. The Hall–Kier alpha value is -1.20. The SMILES string of the molecule is O=C(O)C1CCN(C(=O)C2CCC(F)(F)CC2)CC1. The van der Waals surface area contributed by atoms with E-state index in [1.807, 2.05) is 0 Å². The van der Waals surface area contributed by atoms with Gasteiger partial charge in [-0.3, -0.25) is 9.59 Å². The minimum atomic E-state index is -2.62. The molecule has 1 amide bonds. The van der Waals surface area contributed by atoms with Crippen LogP contribution in [0.1, 0.15) is 38.5 Å². The number of rotatable bonds is 2. The highest BCUT2D eigenvalue weighted by Gasteiger charge is 2.39. The lowest BCUT2D eigenvalue weighted by Gasteiger charge is -2.35. The van der Waals surface area contributed by atoms with Gasteiger partial charge < -0.3 is 10.0 Å². The number of alkyl halides is 2. The Morgan fingerprint density at radius 1 is 1.00 bits per heavy atom. The van der Waals surface area contributed by atoms with E-state index in [1.54, 1.807) is 4.90 Å². The lowest BCUT2D eigenvalue weighted by atomic mass is 9.85. The predicted octanol–water partition coefficient (Wildman–Crippen LogP) is 2.14. The second-order valence-electron chi connectivity index (χ2n) is 5.57. The van der Waals surface area contributed by atoms with Gasteiger partial charge in [-0.25, -0.2) is 8.78 Å². The van der Waals surface area contributed by atoms with Crippen LogP contribution in [0.5, 0.6) is 0 Å². The van der Waals surface area contributed by atoms with Gasteiger partial charge in [0.05, 0.1) is 5.92 Å². The maximum absolute atomic E-state index is 13.0. The molecule has 19 heavy (non-hydrogen) atoms. The number of aliphatic carboxylic acids is 1. The zero-order chi connectivity index (χ0) is 14.0. The third-order valence-corrected chi connectivity index (χ3v) is 4.22. The Bertz CT molecular complexity index is 355. The van der Waals surface area contributed by atoms with E-state index in [2.05, 4.69) is 0 Å². The summed E-state index contributed by atoms with van der Waals surface area (Å²) in [6.07, 6.45) is 0.979. The number of piperidine rings is 1. The largest absolute Gasteiger partial charge is 0.481 e. The minimum absolute atomic E-state index is 0.0701. The molecular formula is C13H19F2NO3. The van der Waals surface area contributed by atoms with Gasteiger partial charge in [0.15, 0.2) is 0 Å². The monoisotopic (exact) mass is 275 g/mol. The van der Waals surface area contributed by atoms with Crippen molar-refractivity contribution in [2.24, 2.45) is 11.8 Å². The first kappa shape index (κ1) is 14.2. The van der Waals surface area contributed by atoms with Crippen molar-refractivity contribution in [3.63, 3.8) is 0 Å². The van der Waals surface area contributed by atoms with Crippen molar-refractivity contribution in [3.8, 4) is 0 Å². The van der Waals surface area contributed by atoms with Crippen molar-refractivity contribution in [1.29, 1.82) is 0 Å². The van der Waals surface area contributed by atoms with Crippen molar-refractivity contribution in [3.05, 3.63) is 0 Å². The number of carboxylic acids is 1. The molecule has 0 spiro atoms. The van der Waals surface area contributed by atoms with Gasteiger partial charge in [0.25, 0.3) is 0 Å². The molecule has 0 aromatic rings. The maximum Gasteiger partial charge on any atom is 0.306 e. The lowest BCUT2D eigenvalue weighted by Crippen LogP contribution is -2.44. The molecular weight excluding hydrogens is 256 g/mol. The Kier molecular flexibility index (Phi) is 4.06. The summed E-state index contributed by atoms with van der Waals surface area (Å²) in [5.74, 6) is -4.18. The van der Waals surface area contributed by atoms with Crippen LogP contribution < -0.4 is 0 Å². The van der Waals surface area contributed by atoms with E-state index in [0.29, 0.717) is 25.9 Å². The second kappa shape index (κ2) is 5.43. The Labute approximate surface area is 110 Å². The molecule has 0 radical (unpaired) electrons. The molecule has 1 saturated heterocycles. The van der Waals surface area contributed by atoms with Crippen LogP contribution in [0.15, 0.2) is 0 Å². The molecule has 2 aliphatic rings. The number of likely N-dealkylation sites (tertiary alicyclic amines) is 1. The number of hydrogen-bond donors (Lipinski definition) is 1. The van der Waals surface area contributed by atoms with Crippen LogP contribution in [0.2, 0.25) is 0 Å². The normalized spacial score (nSPS) is 25.3. The third kappa shape index (κ3) is 3.42. The molecule has 1 aliphatic heterocycles. The van der Waals surface area contributed by atoms with Crippen molar-refractivity contribution in [1.82, 2.24) is 4.90 Å². The van der Waals surface area contributed by atoms with E-state index >= 15 is 0 Å². The molecule has 2 fully saturated rings. The van der Waals surface area contributed by atoms with Crippen molar-refractivity contribution in [2.45, 2.75) is 44.4 Å². The van der Waals surface area contributed by atoms with Crippen LogP contribution in [0.4, 0.5) is 8.78 Å². The fraction of sp³-hybridized carbons (Fsp3) is 0.846. The van der Waals surface area contributed by atoms with Gasteiger partial charge in [-0.15, -0.1) is 0 Å². The third-order valence-electron chi connectivity index (χ3n) is 4.22. The highest BCUT2D eigenvalue weighted by molar-refractivity contribution is 5.79. The van der Waals surface area contributed by atoms with Crippen LogP contribution >= 0.6 is 0 Å². The van der Waals surface area contributed by atoms with E-state index in [4.69, 9.17) is 5.11 Å². The second-order valence-corrected chi connectivity index (χ2v) is 5.57. The van der Waals surface area contributed by atoms with Crippen LogP contribution in [0.25, 0.3) is 0 Å². The van der Waals surface area contributed by atoms with Crippen molar-refractivity contribution < 1.29 is 23.5 Å². The summed E-state index contributed by atoms with van der Waals surface area (Å²) in [6.45, 7) is 0.866. The summed E-state index contributed by atoms with van der Waals surface area (Å²) in [4.78, 5) is 24.6. The highest BCUT2D eigenvalue weighted by atomic mass is 19.3. The molecule has 0 bridgehead atoms. The number of carbonyl (C=O) groups excluding carboxylic acids is 1. The number of carboxylic acid groups (broad SMARTS) is 1. The number of halogens is 2. The first-order chi connectivity index (χ1) is 8.89. The summed E-state index contributed by atoms with van der Waals surface area (Å²) in [5.41, 5.74) is 0. The summed E-state index contributed by atoms with van der Waals surface area (Å²) >= 11 is 0. The Morgan fingerprint density at radius 3 is 2.00 bits per heavy atom. The minimum Gasteiger partial charge on any atom is -0.481 e. The molecule has 4 nitrogen and oxygen atoms in total. The summed E-state index contributed by atoms with van der Waals surface area (Å²) in [6, 6.07) is 0. The van der Waals surface area contributed by atoms with Crippen LogP contribution in [-0.2, 0) is 9.59 Å². The summed E-state index contributed by atoms with van der Waals surface area (Å²) in [5, 5.41) is 8.88. The molecule has 1 heterocycles. The molecule has 0 atom stereocenters. The van der Waals surface area contributed by atoms with Gasteiger partial charge in [-0.05, 0) is 25.7 Å². The average Bonchev–Trinajstić information content (AvgIpc) is 2.38. The van der Waals surface area contributed by atoms with Crippen LogP contribution in [0.3, 0.4) is 0 Å². The van der Waals surface area contributed by atoms with E-state index < -0.39 is 11.9 Å². The zero-order valence-corrected chi connectivity index (χ0v) is 10.8. The zero-order valence-electron chi connectivity index (χ0n) is 10.8. The topological polar surface area (TPSA) is 57.6 Å².